The second-order valence-corrected chi connectivity index (χ2v) is 5.56. The fourth-order valence-electron chi connectivity index (χ4n) is 2.51. The van der Waals surface area contributed by atoms with E-state index in [0.29, 0.717) is 12.5 Å². The Balaban J connectivity index is 1.96. The van der Waals surface area contributed by atoms with Crippen molar-refractivity contribution in [2.45, 2.75) is 40.0 Å². The van der Waals surface area contributed by atoms with Crippen LogP contribution in [0.15, 0.2) is 6.07 Å². The van der Waals surface area contributed by atoms with Gasteiger partial charge in [-0.15, -0.1) is 0 Å². The maximum atomic E-state index is 12.2. The summed E-state index contributed by atoms with van der Waals surface area (Å²) in [7, 11) is 0. The Bertz CT molecular complexity index is 524. The van der Waals surface area contributed by atoms with Crippen molar-refractivity contribution >= 4 is 17.8 Å². The zero-order valence-corrected chi connectivity index (χ0v) is 12.8. The molecule has 1 fully saturated rings. The second kappa shape index (κ2) is 6.65. The third-order valence-electron chi connectivity index (χ3n) is 3.58. The van der Waals surface area contributed by atoms with E-state index in [4.69, 9.17) is 0 Å². The van der Waals surface area contributed by atoms with Gasteiger partial charge in [0.05, 0.1) is 5.92 Å². The van der Waals surface area contributed by atoms with E-state index in [2.05, 4.69) is 22.2 Å². The summed E-state index contributed by atoms with van der Waals surface area (Å²) in [5, 5.41) is 2.72. The molecule has 21 heavy (non-hydrogen) atoms. The first kappa shape index (κ1) is 15.4. The number of unbranched alkanes of at least 4 members (excludes halogenated alkanes) is 1. The Labute approximate surface area is 125 Å². The highest BCUT2D eigenvalue weighted by atomic mass is 16.2. The minimum Gasteiger partial charge on any atom is -0.342 e. The number of rotatable bonds is 5. The van der Waals surface area contributed by atoms with Crippen LogP contribution in [0.2, 0.25) is 0 Å². The Morgan fingerprint density at radius 2 is 2.05 bits per heavy atom. The van der Waals surface area contributed by atoms with Crippen LogP contribution >= 0.6 is 0 Å². The van der Waals surface area contributed by atoms with Crippen LogP contribution in [0.25, 0.3) is 0 Å². The van der Waals surface area contributed by atoms with Crippen LogP contribution < -0.4 is 5.32 Å². The van der Waals surface area contributed by atoms with Gasteiger partial charge in [-0.3, -0.25) is 14.9 Å². The predicted molar refractivity (Wildman–Crippen MR) is 79.7 cm³/mol. The van der Waals surface area contributed by atoms with E-state index < -0.39 is 0 Å². The first-order valence-electron chi connectivity index (χ1n) is 7.40. The minimum atomic E-state index is -0.307. The fraction of sp³-hybridized carbons (Fsp3) is 0.600. The second-order valence-electron chi connectivity index (χ2n) is 5.56. The summed E-state index contributed by atoms with van der Waals surface area (Å²) >= 11 is 0. The molecule has 1 aliphatic rings. The van der Waals surface area contributed by atoms with Gasteiger partial charge in [-0.1, -0.05) is 13.3 Å². The van der Waals surface area contributed by atoms with E-state index in [0.717, 1.165) is 30.8 Å². The third kappa shape index (κ3) is 4.00. The van der Waals surface area contributed by atoms with Crippen molar-refractivity contribution in [1.82, 2.24) is 14.9 Å². The summed E-state index contributed by atoms with van der Waals surface area (Å²) in [6, 6.07) is 1.85. The number of aryl methyl sites for hydroxylation is 2. The van der Waals surface area contributed by atoms with Crippen molar-refractivity contribution in [2.24, 2.45) is 5.92 Å². The summed E-state index contributed by atoms with van der Waals surface area (Å²) in [4.78, 5) is 34.3. The molecule has 0 aliphatic carbocycles. The minimum absolute atomic E-state index is 0.0601. The maximum Gasteiger partial charge on any atom is 0.232 e. The van der Waals surface area contributed by atoms with Gasteiger partial charge in [0.25, 0.3) is 0 Å². The van der Waals surface area contributed by atoms with Gasteiger partial charge in [0, 0.05) is 30.9 Å². The number of hydrogen-bond donors (Lipinski definition) is 1. The lowest BCUT2D eigenvalue weighted by Gasteiger charge is -2.15. The largest absolute Gasteiger partial charge is 0.342 e. The van der Waals surface area contributed by atoms with Crippen molar-refractivity contribution in [2.75, 3.05) is 18.4 Å². The SMILES string of the molecule is CCCCN1C[C@@H](C(=O)Nc2nc(C)cc(C)n2)CC1=O. The van der Waals surface area contributed by atoms with Crippen LogP contribution in [0.5, 0.6) is 0 Å². The molecule has 6 heteroatoms. The van der Waals surface area contributed by atoms with Crippen LogP contribution in [0, 0.1) is 19.8 Å². The smallest absolute Gasteiger partial charge is 0.232 e. The number of nitrogens with zero attached hydrogens (tertiary/aromatic N) is 3. The summed E-state index contributed by atoms with van der Waals surface area (Å²) in [5.41, 5.74) is 1.62. The molecular weight excluding hydrogens is 268 g/mol. The van der Waals surface area contributed by atoms with Gasteiger partial charge in [-0.2, -0.15) is 0 Å². The standard InChI is InChI=1S/C15H22N4O2/c1-4-5-6-19-9-12(8-13(19)20)14(21)18-15-16-10(2)7-11(3)17-15/h7,12H,4-6,8-9H2,1-3H3,(H,16,17,18,21)/t12-/m0/s1. The number of anilines is 1. The van der Waals surface area contributed by atoms with Crippen molar-refractivity contribution in [1.29, 1.82) is 0 Å². The molecule has 6 nitrogen and oxygen atoms in total. The summed E-state index contributed by atoms with van der Waals surface area (Å²) in [6.07, 6.45) is 2.29. The molecule has 2 heterocycles. The molecule has 1 atom stereocenters. The van der Waals surface area contributed by atoms with Crippen molar-refractivity contribution in [3.05, 3.63) is 17.5 Å². The van der Waals surface area contributed by atoms with Crippen LogP contribution in [-0.4, -0.2) is 39.8 Å². The van der Waals surface area contributed by atoms with Crippen LogP contribution in [-0.2, 0) is 9.59 Å². The molecule has 2 amide bonds. The molecule has 1 aromatic heterocycles. The quantitative estimate of drug-likeness (QED) is 0.895. The van der Waals surface area contributed by atoms with Gasteiger partial charge < -0.3 is 4.90 Å². The van der Waals surface area contributed by atoms with Crippen molar-refractivity contribution < 1.29 is 9.59 Å². The Morgan fingerprint density at radius 3 is 2.67 bits per heavy atom. The summed E-state index contributed by atoms with van der Waals surface area (Å²) in [6.45, 7) is 7.03. The molecule has 0 bridgehead atoms. The lowest BCUT2D eigenvalue weighted by atomic mass is 10.1. The molecule has 1 N–H and O–H groups in total. The van der Waals surface area contributed by atoms with Gasteiger partial charge in [0.2, 0.25) is 17.8 Å². The molecule has 0 spiro atoms. The third-order valence-corrected chi connectivity index (χ3v) is 3.58. The normalized spacial score (nSPS) is 18.1. The number of carbonyl (C=O) groups excluding carboxylic acids is 2. The fourth-order valence-corrected chi connectivity index (χ4v) is 2.51. The van der Waals surface area contributed by atoms with Crippen LogP contribution in [0.3, 0.4) is 0 Å². The van der Waals surface area contributed by atoms with Gasteiger partial charge in [-0.05, 0) is 26.3 Å². The van der Waals surface area contributed by atoms with Crippen molar-refractivity contribution in [3.8, 4) is 0 Å². The molecular formula is C15H22N4O2. The lowest BCUT2D eigenvalue weighted by Crippen LogP contribution is -2.29. The highest BCUT2D eigenvalue weighted by Crippen LogP contribution is 2.19. The number of hydrogen-bond acceptors (Lipinski definition) is 4. The van der Waals surface area contributed by atoms with Gasteiger partial charge in [0.1, 0.15) is 0 Å². The van der Waals surface area contributed by atoms with E-state index in [-0.39, 0.29) is 24.2 Å². The molecule has 114 valence electrons. The molecule has 0 radical (unpaired) electrons. The van der Waals surface area contributed by atoms with Crippen molar-refractivity contribution in [3.63, 3.8) is 0 Å². The van der Waals surface area contributed by atoms with Gasteiger partial charge in [-0.25, -0.2) is 9.97 Å². The van der Waals surface area contributed by atoms with Gasteiger partial charge in [0.15, 0.2) is 0 Å². The molecule has 0 saturated carbocycles. The van der Waals surface area contributed by atoms with E-state index in [1.165, 1.54) is 0 Å². The first-order chi connectivity index (χ1) is 9.99. The molecule has 2 rings (SSSR count). The Hall–Kier alpha value is -1.98. The molecule has 0 aromatic carbocycles. The van der Waals surface area contributed by atoms with E-state index >= 15 is 0 Å². The molecule has 1 aromatic rings. The predicted octanol–water partition coefficient (Wildman–Crippen LogP) is 1.68. The van der Waals surface area contributed by atoms with Crippen LogP contribution in [0.4, 0.5) is 5.95 Å². The Kier molecular flexibility index (Phi) is 4.88. The summed E-state index contributed by atoms with van der Waals surface area (Å²) in [5.74, 6) is -0.104. The number of aromatic nitrogens is 2. The molecule has 1 saturated heterocycles. The average Bonchev–Trinajstić information content (AvgIpc) is 2.76. The van der Waals surface area contributed by atoms with Crippen LogP contribution in [0.1, 0.15) is 37.6 Å². The summed E-state index contributed by atoms with van der Waals surface area (Å²) < 4.78 is 0. The van der Waals surface area contributed by atoms with E-state index in [1.807, 2.05) is 19.9 Å². The number of nitrogens with one attached hydrogen (secondary N) is 1. The topological polar surface area (TPSA) is 75.2 Å². The number of carbonyl (C=O) groups is 2. The average molecular weight is 290 g/mol. The van der Waals surface area contributed by atoms with E-state index in [1.54, 1.807) is 4.90 Å². The highest BCUT2D eigenvalue weighted by Gasteiger charge is 2.34. The first-order valence-corrected chi connectivity index (χ1v) is 7.40. The van der Waals surface area contributed by atoms with E-state index in [9.17, 15) is 9.59 Å². The highest BCUT2D eigenvalue weighted by molar-refractivity contribution is 5.96. The number of amides is 2. The lowest BCUT2D eigenvalue weighted by molar-refractivity contribution is -0.128. The maximum absolute atomic E-state index is 12.2. The zero-order valence-electron chi connectivity index (χ0n) is 12.8. The number of likely N-dealkylation sites (tertiary alicyclic amines) is 1. The van der Waals surface area contributed by atoms with Gasteiger partial charge >= 0.3 is 0 Å². The molecule has 0 unspecified atom stereocenters. The zero-order chi connectivity index (χ0) is 15.4. The monoisotopic (exact) mass is 290 g/mol. The molecule has 1 aliphatic heterocycles. The Morgan fingerprint density at radius 1 is 1.38 bits per heavy atom.